The molecule has 0 aromatic carbocycles. The van der Waals surface area contributed by atoms with Crippen LogP contribution in [0.15, 0.2) is 17.5 Å². The summed E-state index contributed by atoms with van der Waals surface area (Å²) < 4.78 is 5.03. The van der Waals surface area contributed by atoms with Crippen molar-refractivity contribution >= 4 is 23.3 Å². The van der Waals surface area contributed by atoms with Gasteiger partial charge in [0, 0.05) is 4.88 Å². The van der Waals surface area contributed by atoms with Crippen LogP contribution < -0.4 is 5.11 Å². The monoisotopic (exact) mass is 241 g/mol. The number of esters is 1. The molecule has 5 heteroatoms. The van der Waals surface area contributed by atoms with Gasteiger partial charge in [0.15, 0.2) is 0 Å². The molecular weight excluding hydrogens is 228 g/mol. The second kappa shape index (κ2) is 4.65. The summed E-state index contributed by atoms with van der Waals surface area (Å²) in [6, 6.07) is 3.26. The summed E-state index contributed by atoms with van der Waals surface area (Å²) in [6.45, 7) is 5.06. The van der Waals surface area contributed by atoms with Gasteiger partial charge in [0.05, 0.1) is 5.97 Å². The third-order valence-corrected chi connectivity index (χ3v) is 2.64. The molecule has 1 aromatic heterocycles. The van der Waals surface area contributed by atoms with Crippen LogP contribution in [0.25, 0.3) is 0 Å². The number of carbonyl (C=O) groups excluding carboxylic acids is 2. The molecule has 0 aliphatic carbocycles. The predicted molar refractivity (Wildman–Crippen MR) is 57.9 cm³/mol. The lowest BCUT2D eigenvalue weighted by molar-refractivity contribution is -0.307. The van der Waals surface area contributed by atoms with Crippen molar-refractivity contribution in [1.82, 2.24) is 0 Å². The quantitative estimate of drug-likeness (QED) is 0.583. The Morgan fingerprint density at radius 2 is 2.06 bits per heavy atom. The van der Waals surface area contributed by atoms with Crippen LogP contribution in [-0.2, 0) is 14.3 Å². The average molecular weight is 241 g/mol. The smallest absolute Gasteiger partial charge is 0.320 e. The summed E-state index contributed by atoms with van der Waals surface area (Å²) in [5, 5.41) is 12.6. The normalized spacial score (nSPS) is 13.2. The van der Waals surface area contributed by atoms with E-state index in [1.54, 1.807) is 38.3 Å². The van der Waals surface area contributed by atoms with Crippen molar-refractivity contribution in [3.8, 4) is 0 Å². The lowest BCUT2D eigenvalue weighted by Crippen LogP contribution is -2.38. The molecule has 1 unspecified atom stereocenters. The Labute approximate surface area is 97.9 Å². The van der Waals surface area contributed by atoms with Crippen LogP contribution in [0.5, 0.6) is 0 Å². The largest absolute Gasteiger partial charge is 0.549 e. The van der Waals surface area contributed by atoms with E-state index < -0.39 is 23.5 Å². The van der Waals surface area contributed by atoms with Gasteiger partial charge < -0.3 is 14.6 Å². The zero-order chi connectivity index (χ0) is 12.3. The first-order valence-electron chi connectivity index (χ1n) is 4.78. The van der Waals surface area contributed by atoms with Crippen molar-refractivity contribution in [3.63, 3.8) is 0 Å². The number of carboxylic acids is 1. The van der Waals surface area contributed by atoms with E-state index in [1.165, 1.54) is 11.3 Å². The zero-order valence-corrected chi connectivity index (χ0v) is 10.2. The zero-order valence-electron chi connectivity index (χ0n) is 9.35. The number of hydrogen-bond donors (Lipinski definition) is 0. The number of carbonyl (C=O) groups is 2. The van der Waals surface area contributed by atoms with Crippen molar-refractivity contribution < 1.29 is 19.4 Å². The van der Waals surface area contributed by atoms with Gasteiger partial charge in [-0.05, 0) is 32.2 Å². The number of hydrogen-bond acceptors (Lipinski definition) is 5. The molecule has 88 valence electrons. The topological polar surface area (TPSA) is 66.4 Å². The number of aliphatic carboxylic acids is 1. The maximum atomic E-state index is 11.7. The van der Waals surface area contributed by atoms with Crippen molar-refractivity contribution in [2.24, 2.45) is 0 Å². The second-order valence-electron chi connectivity index (χ2n) is 4.30. The minimum Gasteiger partial charge on any atom is -0.549 e. The molecule has 0 amide bonds. The standard InChI is InChI=1S/C11H14O4S/c1-11(2,3)15-10(14)8(9(12)13)7-5-4-6-16-7/h4-6,8H,1-3H3,(H,12,13)/p-1. The molecule has 0 N–H and O–H groups in total. The second-order valence-corrected chi connectivity index (χ2v) is 5.28. The van der Waals surface area contributed by atoms with Crippen LogP contribution in [-0.4, -0.2) is 17.5 Å². The highest BCUT2D eigenvalue weighted by atomic mass is 32.1. The Morgan fingerprint density at radius 1 is 1.44 bits per heavy atom. The summed E-state index contributed by atoms with van der Waals surface area (Å²) in [4.78, 5) is 23.0. The van der Waals surface area contributed by atoms with Gasteiger partial charge in [0.25, 0.3) is 0 Å². The molecule has 0 saturated carbocycles. The average Bonchev–Trinajstić information content (AvgIpc) is 2.52. The van der Waals surface area contributed by atoms with Gasteiger partial charge in [0.1, 0.15) is 11.5 Å². The van der Waals surface area contributed by atoms with Crippen LogP contribution in [0.3, 0.4) is 0 Å². The Morgan fingerprint density at radius 3 is 2.44 bits per heavy atom. The predicted octanol–water partition coefficient (Wildman–Crippen LogP) is 0.923. The van der Waals surface area contributed by atoms with E-state index in [9.17, 15) is 14.7 Å². The fraction of sp³-hybridized carbons (Fsp3) is 0.455. The molecule has 1 rings (SSSR count). The van der Waals surface area contributed by atoms with Gasteiger partial charge in [0.2, 0.25) is 0 Å². The van der Waals surface area contributed by atoms with Gasteiger partial charge in [-0.2, -0.15) is 0 Å². The summed E-state index contributed by atoms with van der Waals surface area (Å²) in [6.07, 6.45) is 0. The highest BCUT2D eigenvalue weighted by Gasteiger charge is 2.28. The van der Waals surface area contributed by atoms with Crippen molar-refractivity contribution in [2.45, 2.75) is 32.3 Å². The molecule has 0 saturated heterocycles. The molecule has 0 fully saturated rings. The fourth-order valence-corrected chi connectivity index (χ4v) is 1.94. The molecule has 1 atom stereocenters. The van der Waals surface area contributed by atoms with Crippen LogP contribution in [0.4, 0.5) is 0 Å². The Balaban J connectivity index is 2.88. The molecule has 0 aliphatic heterocycles. The van der Waals surface area contributed by atoms with Crippen molar-refractivity contribution in [1.29, 1.82) is 0 Å². The first kappa shape index (κ1) is 12.7. The SMILES string of the molecule is CC(C)(C)OC(=O)C(C(=O)[O-])c1cccs1. The highest BCUT2D eigenvalue weighted by molar-refractivity contribution is 7.10. The van der Waals surface area contributed by atoms with Gasteiger partial charge in [-0.15, -0.1) is 11.3 Å². The van der Waals surface area contributed by atoms with Crippen molar-refractivity contribution in [2.75, 3.05) is 0 Å². The molecule has 4 nitrogen and oxygen atoms in total. The first-order chi connectivity index (χ1) is 7.31. The molecule has 16 heavy (non-hydrogen) atoms. The maximum Gasteiger partial charge on any atom is 0.320 e. The lowest BCUT2D eigenvalue weighted by atomic mass is 10.1. The molecular formula is C11H13O4S-. The molecule has 1 heterocycles. The summed E-state index contributed by atoms with van der Waals surface area (Å²) in [5.74, 6) is -3.55. The van der Waals surface area contributed by atoms with Crippen LogP contribution in [0.2, 0.25) is 0 Å². The van der Waals surface area contributed by atoms with Crippen LogP contribution in [0.1, 0.15) is 31.6 Å². The highest BCUT2D eigenvalue weighted by Crippen LogP contribution is 2.24. The van der Waals surface area contributed by atoms with E-state index in [2.05, 4.69) is 0 Å². The van der Waals surface area contributed by atoms with Gasteiger partial charge in [-0.25, -0.2) is 0 Å². The molecule has 0 bridgehead atoms. The number of thiophene rings is 1. The molecule has 1 aromatic rings. The third kappa shape index (κ3) is 3.34. The first-order valence-corrected chi connectivity index (χ1v) is 5.66. The fourth-order valence-electron chi connectivity index (χ4n) is 1.14. The minimum atomic E-state index is -1.43. The molecule has 0 radical (unpaired) electrons. The number of ether oxygens (including phenoxy) is 1. The van der Waals surface area contributed by atoms with E-state index in [0.717, 1.165) is 0 Å². The summed E-state index contributed by atoms with van der Waals surface area (Å²) >= 11 is 1.19. The number of rotatable bonds is 3. The Bertz CT molecular complexity index is 375. The van der Waals surface area contributed by atoms with E-state index >= 15 is 0 Å². The van der Waals surface area contributed by atoms with E-state index in [1.807, 2.05) is 0 Å². The Hall–Kier alpha value is -1.36. The van der Waals surface area contributed by atoms with Crippen molar-refractivity contribution in [3.05, 3.63) is 22.4 Å². The van der Waals surface area contributed by atoms with Crippen LogP contribution in [0, 0.1) is 0 Å². The minimum absolute atomic E-state index is 0.425. The Kier molecular flexibility index (Phi) is 3.70. The summed E-state index contributed by atoms with van der Waals surface area (Å²) in [5.41, 5.74) is -0.706. The van der Waals surface area contributed by atoms with Gasteiger partial charge in [-0.1, -0.05) is 6.07 Å². The van der Waals surface area contributed by atoms with E-state index in [0.29, 0.717) is 4.88 Å². The van der Waals surface area contributed by atoms with Crippen LogP contribution >= 0.6 is 11.3 Å². The lowest BCUT2D eigenvalue weighted by Gasteiger charge is -2.23. The van der Waals surface area contributed by atoms with Gasteiger partial charge >= 0.3 is 5.97 Å². The summed E-state index contributed by atoms with van der Waals surface area (Å²) in [7, 11) is 0. The van der Waals surface area contributed by atoms with E-state index in [-0.39, 0.29) is 0 Å². The maximum absolute atomic E-state index is 11.7. The third-order valence-electron chi connectivity index (χ3n) is 1.71. The van der Waals surface area contributed by atoms with E-state index in [4.69, 9.17) is 4.74 Å². The molecule has 0 aliphatic rings. The number of carboxylic acid groups (broad SMARTS) is 1. The van der Waals surface area contributed by atoms with Gasteiger partial charge in [-0.3, -0.25) is 4.79 Å². The molecule has 0 spiro atoms.